The van der Waals surface area contributed by atoms with Crippen LogP contribution in [0.4, 0.5) is 9.18 Å². The lowest BCUT2D eigenvalue weighted by molar-refractivity contribution is -0.141. The lowest BCUT2D eigenvalue weighted by atomic mass is 9.98. The second-order valence-corrected chi connectivity index (χ2v) is 6.13. The van der Waals surface area contributed by atoms with Crippen LogP contribution >= 0.6 is 0 Å². The normalized spacial score (nSPS) is 13.1. The van der Waals surface area contributed by atoms with E-state index in [1.54, 1.807) is 5.32 Å². The Morgan fingerprint density at radius 1 is 1.04 bits per heavy atom. The van der Waals surface area contributed by atoms with E-state index < -0.39 is 30.8 Å². The molecule has 1 atom stereocenters. The molecule has 0 aliphatic heterocycles. The van der Waals surface area contributed by atoms with Crippen LogP contribution in [-0.2, 0) is 19.1 Å². The van der Waals surface area contributed by atoms with Crippen molar-refractivity contribution in [1.29, 1.82) is 0 Å². The van der Waals surface area contributed by atoms with E-state index in [2.05, 4.69) is 4.74 Å². The lowest BCUT2D eigenvalue weighted by Gasteiger charge is -2.15. The number of halogens is 1. The number of benzene rings is 2. The third-order valence-corrected chi connectivity index (χ3v) is 4.45. The number of methoxy groups -OCH3 is 1. The van der Waals surface area contributed by atoms with Crippen molar-refractivity contribution in [1.82, 2.24) is 10.6 Å². The van der Waals surface area contributed by atoms with Crippen molar-refractivity contribution in [3.63, 3.8) is 0 Å². The smallest absolute Gasteiger partial charge is 0.409 e. The fourth-order valence-corrected chi connectivity index (χ4v) is 3.13. The summed E-state index contributed by atoms with van der Waals surface area (Å²) in [4.78, 5) is 34.4. The molecule has 146 valence electrons. The number of amides is 2. The second kappa shape index (κ2) is 8.51. The van der Waals surface area contributed by atoms with E-state index in [0.717, 1.165) is 29.4 Å². The molecule has 0 heterocycles. The Bertz CT molecular complexity index is 856. The van der Waals surface area contributed by atoms with Crippen molar-refractivity contribution >= 4 is 18.0 Å². The Hall–Kier alpha value is -3.42. The molecule has 0 radical (unpaired) electrons. The van der Waals surface area contributed by atoms with E-state index in [-0.39, 0.29) is 12.5 Å². The third-order valence-electron chi connectivity index (χ3n) is 4.45. The molecule has 2 aromatic carbocycles. The Labute approximate surface area is 160 Å². The molecule has 0 unspecified atom stereocenters. The minimum atomic E-state index is -2.35. The molecule has 0 fully saturated rings. The summed E-state index contributed by atoms with van der Waals surface area (Å²) in [6.45, 7) is -0.502. The van der Waals surface area contributed by atoms with Crippen molar-refractivity contribution in [2.45, 2.75) is 12.2 Å². The van der Waals surface area contributed by atoms with Gasteiger partial charge in [0.25, 0.3) is 12.2 Å². The summed E-state index contributed by atoms with van der Waals surface area (Å²) >= 11 is 0. The fourth-order valence-electron chi connectivity index (χ4n) is 3.13. The van der Waals surface area contributed by atoms with Gasteiger partial charge in [0, 0.05) is 5.92 Å². The third kappa shape index (κ3) is 4.11. The van der Waals surface area contributed by atoms with Gasteiger partial charge < -0.3 is 14.8 Å². The molecule has 2 N–H and O–H groups in total. The fraction of sp³-hybridized carbons (Fsp3) is 0.250. The first kappa shape index (κ1) is 19.3. The molecule has 7 nitrogen and oxygen atoms in total. The van der Waals surface area contributed by atoms with Crippen LogP contribution in [0, 0.1) is 0 Å². The van der Waals surface area contributed by atoms with Gasteiger partial charge in [0.15, 0.2) is 0 Å². The maximum absolute atomic E-state index is 13.8. The highest BCUT2D eigenvalue weighted by atomic mass is 19.1. The van der Waals surface area contributed by atoms with Gasteiger partial charge in [-0.15, -0.1) is 0 Å². The molecule has 0 saturated heterocycles. The Morgan fingerprint density at radius 2 is 1.61 bits per heavy atom. The summed E-state index contributed by atoms with van der Waals surface area (Å²) in [5, 5.41) is 3.80. The molecule has 8 heteroatoms. The average molecular weight is 386 g/mol. The number of hydrogen-bond donors (Lipinski definition) is 2. The van der Waals surface area contributed by atoms with Crippen molar-refractivity contribution in [3.05, 3.63) is 59.7 Å². The van der Waals surface area contributed by atoms with Crippen molar-refractivity contribution in [2.75, 3.05) is 20.3 Å². The molecule has 0 saturated carbocycles. The summed E-state index contributed by atoms with van der Waals surface area (Å²) in [6.07, 6.45) is -3.41. The highest BCUT2D eigenvalue weighted by Gasteiger charge is 2.29. The van der Waals surface area contributed by atoms with Gasteiger partial charge in [0.05, 0.1) is 7.11 Å². The van der Waals surface area contributed by atoms with Crippen LogP contribution in [0.5, 0.6) is 0 Å². The van der Waals surface area contributed by atoms with E-state index >= 15 is 0 Å². The van der Waals surface area contributed by atoms with Crippen LogP contribution in [0.3, 0.4) is 0 Å². The van der Waals surface area contributed by atoms with Gasteiger partial charge in [0.1, 0.15) is 13.2 Å². The van der Waals surface area contributed by atoms with E-state index in [1.807, 2.05) is 53.8 Å². The van der Waals surface area contributed by atoms with E-state index in [1.165, 1.54) is 0 Å². The van der Waals surface area contributed by atoms with Gasteiger partial charge in [0.2, 0.25) is 0 Å². The highest BCUT2D eigenvalue weighted by Crippen LogP contribution is 2.44. The number of rotatable bonds is 6. The van der Waals surface area contributed by atoms with E-state index in [9.17, 15) is 18.8 Å². The molecule has 0 spiro atoms. The number of alkyl carbamates (subject to hydrolysis) is 1. The first-order valence-electron chi connectivity index (χ1n) is 8.61. The highest BCUT2D eigenvalue weighted by molar-refractivity contribution is 5.87. The lowest BCUT2D eigenvalue weighted by Crippen LogP contribution is -2.45. The quantitative estimate of drug-likeness (QED) is 0.586. The minimum absolute atomic E-state index is 0.00361. The molecule has 2 amide bonds. The standard InChI is InChI=1S/C20H19FN2O5/c1-27-17(24)10-22-19(25)18(21)23-20(26)28-11-16-14-8-4-2-6-12(14)13-7-3-5-9-15(13)16/h2-9,16,18H,10-11H2,1H3,(H,22,25)(H,23,26)/t18-/m0/s1. The van der Waals surface area contributed by atoms with Gasteiger partial charge in [-0.3, -0.25) is 14.9 Å². The Kier molecular flexibility index (Phi) is 5.88. The maximum Gasteiger partial charge on any atom is 0.409 e. The van der Waals surface area contributed by atoms with Crippen LogP contribution in [0.25, 0.3) is 11.1 Å². The summed E-state index contributed by atoms with van der Waals surface area (Å²) in [7, 11) is 1.14. The van der Waals surface area contributed by atoms with Gasteiger partial charge in [-0.1, -0.05) is 48.5 Å². The van der Waals surface area contributed by atoms with E-state index in [4.69, 9.17) is 4.74 Å². The molecule has 28 heavy (non-hydrogen) atoms. The number of ether oxygens (including phenoxy) is 2. The molecular weight excluding hydrogens is 367 g/mol. The number of nitrogens with one attached hydrogen (secondary N) is 2. The molecule has 0 aromatic heterocycles. The van der Waals surface area contributed by atoms with Crippen LogP contribution in [0.2, 0.25) is 0 Å². The summed E-state index contributed by atoms with van der Waals surface area (Å²) in [5.41, 5.74) is 4.17. The number of hydrogen-bond acceptors (Lipinski definition) is 5. The van der Waals surface area contributed by atoms with E-state index in [0.29, 0.717) is 0 Å². The van der Waals surface area contributed by atoms with Crippen LogP contribution in [0.1, 0.15) is 17.0 Å². The average Bonchev–Trinajstić information content (AvgIpc) is 3.04. The Morgan fingerprint density at radius 3 is 2.18 bits per heavy atom. The summed E-state index contributed by atoms with van der Waals surface area (Å²) in [6, 6.07) is 15.6. The monoisotopic (exact) mass is 386 g/mol. The number of alkyl halides is 1. The van der Waals surface area contributed by atoms with Crippen molar-refractivity contribution < 1.29 is 28.2 Å². The SMILES string of the molecule is COC(=O)CNC(=O)[C@@H](F)NC(=O)OCC1c2ccccc2-c2ccccc21. The predicted octanol–water partition coefficient (Wildman–Crippen LogP) is 2.11. The minimum Gasteiger partial charge on any atom is -0.468 e. The van der Waals surface area contributed by atoms with Gasteiger partial charge in [-0.2, -0.15) is 0 Å². The first-order valence-corrected chi connectivity index (χ1v) is 8.61. The van der Waals surface area contributed by atoms with Gasteiger partial charge in [-0.25, -0.2) is 9.18 Å². The molecule has 1 aliphatic carbocycles. The molecule has 0 bridgehead atoms. The topological polar surface area (TPSA) is 93.7 Å². The first-order chi connectivity index (χ1) is 13.5. The largest absolute Gasteiger partial charge is 0.468 e. The number of esters is 1. The zero-order chi connectivity index (χ0) is 20.1. The van der Waals surface area contributed by atoms with Crippen molar-refractivity contribution in [2.24, 2.45) is 0 Å². The zero-order valence-corrected chi connectivity index (χ0v) is 15.1. The van der Waals surface area contributed by atoms with Crippen LogP contribution in [0.15, 0.2) is 48.5 Å². The summed E-state index contributed by atoms with van der Waals surface area (Å²) in [5.74, 6) is -2.08. The second-order valence-electron chi connectivity index (χ2n) is 6.13. The molecule has 3 rings (SSSR count). The predicted molar refractivity (Wildman–Crippen MR) is 98.1 cm³/mol. The number of carbonyl (C=O) groups is 3. The summed E-state index contributed by atoms with van der Waals surface area (Å²) < 4.78 is 23.3. The molecular formula is C20H19FN2O5. The number of fused-ring (bicyclic) bond motifs is 3. The Balaban J connectivity index is 1.58. The van der Waals surface area contributed by atoms with Gasteiger partial charge >= 0.3 is 12.1 Å². The van der Waals surface area contributed by atoms with Gasteiger partial charge in [-0.05, 0) is 22.3 Å². The van der Waals surface area contributed by atoms with Crippen molar-refractivity contribution in [3.8, 4) is 11.1 Å². The van der Waals surface area contributed by atoms with Crippen LogP contribution in [-0.4, -0.2) is 44.5 Å². The maximum atomic E-state index is 13.8. The molecule has 1 aliphatic rings. The zero-order valence-electron chi connectivity index (χ0n) is 15.1. The van der Waals surface area contributed by atoms with Crippen LogP contribution < -0.4 is 10.6 Å². The number of carbonyl (C=O) groups excluding carboxylic acids is 3. The molecule has 2 aromatic rings.